The topological polar surface area (TPSA) is 89.8 Å². The number of hydrogen-bond acceptors (Lipinski definition) is 5. The van der Waals surface area contributed by atoms with E-state index in [1.807, 2.05) is 43.3 Å². The summed E-state index contributed by atoms with van der Waals surface area (Å²) in [6.45, 7) is 1.85. The van der Waals surface area contributed by atoms with Crippen LogP contribution in [0.4, 0.5) is 5.69 Å². The molecule has 0 saturated heterocycles. The first kappa shape index (κ1) is 18.9. The SMILES string of the molecule is Cc1ccc(-c2ncc3c(=O)n(CC(=O)Nc4ccc(Br)cc4)cnc3n2)cc1. The molecule has 1 amide bonds. The maximum absolute atomic E-state index is 12.7. The summed E-state index contributed by atoms with van der Waals surface area (Å²) >= 11 is 3.34. The third kappa shape index (κ3) is 4.22. The van der Waals surface area contributed by atoms with Crippen LogP contribution >= 0.6 is 15.9 Å². The Kier molecular flexibility index (Phi) is 5.18. The van der Waals surface area contributed by atoms with E-state index in [0.29, 0.717) is 17.2 Å². The van der Waals surface area contributed by atoms with E-state index >= 15 is 0 Å². The van der Waals surface area contributed by atoms with E-state index in [2.05, 4.69) is 36.2 Å². The van der Waals surface area contributed by atoms with E-state index in [4.69, 9.17) is 0 Å². The van der Waals surface area contributed by atoms with Crippen molar-refractivity contribution in [2.24, 2.45) is 0 Å². The summed E-state index contributed by atoms with van der Waals surface area (Å²) in [6.07, 6.45) is 2.79. The second kappa shape index (κ2) is 7.92. The summed E-state index contributed by atoms with van der Waals surface area (Å²) in [6, 6.07) is 15.0. The number of rotatable bonds is 4. The van der Waals surface area contributed by atoms with Gasteiger partial charge in [-0.25, -0.2) is 15.0 Å². The molecule has 2 heterocycles. The summed E-state index contributed by atoms with van der Waals surface area (Å²) in [7, 11) is 0. The summed E-state index contributed by atoms with van der Waals surface area (Å²) in [5.41, 5.74) is 2.56. The Morgan fingerprint density at radius 2 is 1.79 bits per heavy atom. The number of halogens is 1. The lowest BCUT2D eigenvalue weighted by atomic mass is 10.1. The zero-order valence-electron chi connectivity index (χ0n) is 15.5. The molecule has 0 aliphatic carbocycles. The molecule has 7 nitrogen and oxygen atoms in total. The predicted octanol–water partition coefficient (Wildman–Crippen LogP) is 3.56. The fourth-order valence-electron chi connectivity index (χ4n) is 2.80. The second-order valence-electron chi connectivity index (χ2n) is 6.53. The number of aryl methyl sites for hydroxylation is 1. The molecular formula is C21H16BrN5O2. The van der Waals surface area contributed by atoms with E-state index in [-0.39, 0.29) is 23.4 Å². The lowest BCUT2D eigenvalue weighted by Gasteiger charge is -2.08. The molecule has 144 valence electrons. The fourth-order valence-corrected chi connectivity index (χ4v) is 3.06. The zero-order valence-corrected chi connectivity index (χ0v) is 17.0. The van der Waals surface area contributed by atoms with Crippen LogP contribution in [0.1, 0.15) is 5.56 Å². The van der Waals surface area contributed by atoms with E-state index in [9.17, 15) is 9.59 Å². The van der Waals surface area contributed by atoms with Crippen molar-refractivity contribution in [3.8, 4) is 11.4 Å². The van der Waals surface area contributed by atoms with E-state index in [1.165, 1.54) is 17.1 Å². The van der Waals surface area contributed by atoms with Crippen LogP contribution in [0.2, 0.25) is 0 Å². The first-order chi connectivity index (χ1) is 14.0. The molecule has 0 bridgehead atoms. The highest BCUT2D eigenvalue weighted by Gasteiger charge is 2.11. The molecule has 0 aliphatic heterocycles. The zero-order chi connectivity index (χ0) is 20.4. The number of anilines is 1. The molecule has 0 unspecified atom stereocenters. The molecule has 29 heavy (non-hydrogen) atoms. The van der Waals surface area contributed by atoms with Gasteiger partial charge in [-0.2, -0.15) is 0 Å². The van der Waals surface area contributed by atoms with Crippen molar-refractivity contribution in [2.45, 2.75) is 13.5 Å². The average Bonchev–Trinajstić information content (AvgIpc) is 2.72. The van der Waals surface area contributed by atoms with Gasteiger partial charge < -0.3 is 5.32 Å². The van der Waals surface area contributed by atoms with Crippen LogP contribution in [0, 0.1) is 6.92 Å². The molecule has 0 fully saturated rings. The summed E-state index contributed by atoms with van der Waals surface area (Å²) in [5.74, 6) is 0.169. The van der Waals surface area contributed by atoms with E-state index in [0.717, 1.165) is 15.6 Å². The van der Waals surface area contributed by atoms with Crippen molar-refractivity contribution in [2.75, 3.05) is 5.32 Å². The monoisotopic (exact) mass is 449 g/mol. The number of hydrogen-bond donors (Lipinski definition) is 1. The van der Waals surface area contributed by atoms with Crippen molar-refractivity contribution in [3.63, 3.8) is 0 Å². The number of aromatic nitrogens is 4. The van der Waals surface area contributed by atoms with Gasteiger partial charge in [-0.3, -0.25) is 14.2 Å². The van der Waals surface area contributed by atoms with Crippen LogP contribution in [-0.4, -0.2) is 25.4 Å². The number of carbonyl (C=O) groups is 1. The Bertz CT molecular complexity index is 1250. The Labute approximate surface area is 174 Å². The number of benzene rings is 2. The Morgan fingerprint density at radius 1 is 1.07 bits per heavy atom. The molecule has 0 radical (unpaired) electrons. The molecule has 4 aromatic rings. The Hall–Kier alpha value is -3.39. The lowest BCUT2D eigenvalue weighted by Crippen LogP contribution is -2.28. The van der Waals surface area contributed by atoms with Gasteiger partial charge in [-0.15, -0.1) is 0 Å². The van der Waals surface area contributed by atoms with Gasteiger partial charge in [0.25, 0.3) is 5.56 Å². The van der Waals surface area contributed by atoms with Crippen molar-refractivity contribution in [1.29, 1.82) is 0 Å². The third-order valence-electron chi connectivity index (χ3n) is 4.33. The molecule has 0 aliphatic rings. The quantitative estimate of drug-likeness (QED) is 0.514. The minimum absolute atomic E-state index is 0.155. The number of nitrogens with zero attached hydrogens (tertiary/aromatic N) is 4. The largest absolute Gasteiger partial charge is 0.325 e. The minimum Gasteiger partial charge on any atom is -0.325 e. The molecule has 2 aromatic carbocycles. The highest BCUT2D eigenvalue weighted by atomic mass is 79.9. The van der Waals surface area contributed by atoms with Crippen molar-refractivity contribution < 1.29 is 4.79 Å². The van der Waals surface area contributed by atoms with Gasteiger partial charge in [0.1, 0.15) is 18.3 Å². The molecule has 4 rings (SSSR count). The average molecular weight is 450 g/mol. The maximum atomic E-state index is 12.7. The first-order valence-corrected chi connectivity index (χ1v) is 9.63. The molecule has 8 heteroatoms. The normalized spacial score (nSPS) is 10.8. The van der Waals surface area contributed by atoms with Crippen LogP contribution in [0.25, 0.3) is 22.4 Å². The molecular weight excluding hydrogens is 434 g/mol. The van der Waals surface area contributed by atoms with Crippen molar-refractivity contribution in [1.82, 2.24) is 19.5 Å². The van der Waals surface area contributed by atoms with Gasteiger partial charge in [0.15, 0.2) is 11.5 Å². The number of carbonyl (C=O) groups excluding carboxylic acids is 1. The standard InChI is InChI=1S/C21H16BrN5O2/c1-13-2-4-14(5-3-13)19-23-10-17-20(26-19)24-12-27(21(17)29)11-18(28)25-16-8-6-15(22)7-9-16/h2-10,12H,11H2,1H3,(H,25,28). The smallest absolute Gasteiger partial charge is 0.264 e. The summed E-state index contributed by atoms with van der Waals surface area (Å²) < 4.78 is 2.15. The van der Waals surface area contributed by atoms with Gasteiger partial charge in [0.05, 0.1) is 0 Å². The first-order valence-electron chi connectivity index (χ1n) is 8.84. The molecule has 0 atom stereocenters. The maximum Gasteiger partial charge on any atom is 0.264 e. The van der Waals surface area contributed by atoms with Gasteiger partial charge in [0, 0.05) is 21.9 Å². The van der Waals surface area contributed by atoms with Crippen LogP contribution in [0.3, 0.4) is 0 Å². The lowest BCUT2D eigenvalue weighted by molar-refractivity contribution is -0.116. The molecule has 1 N–H and O–H groups in total. The Balaban J connectivity index is 1.58. The number of nitrogens with one attached hydrogen (secondary N) is 1. The van der Waals surface area contributed by atoms with Gasteiger partial charge in [0.2, 0.25) is 5.91 Å². The van der Waals surface area contributed by atoms with Gasteiger partial charge in [-0.1, -0.05) is 45.8 Å². The van der Waals surface area contributed by atoms with Crippen LogP contribution < -0.4 is 10.9 Å². The highest BCUT2D eigenvalue weighted by Crippen LogP contribution is 2.17. The number of amides is 1. The second-order valence-corrected chi connectivity index (χ2v) is 7.45. The van der Waals surface area contributed by atoms with Crippen LogP contribution in [-0.2, 0) is 11.3 Å². The molecule has 2 aromatic heterocycles. The van der Waals surface area contributed by atoms with E-state index < -0.39 is 0 Å². The van der Waals surface area contributed by atoms with Gasteiger partial charge in [-0.05, 0) is 31.2 Å². The van der Waals surface area contributed by atoms with Crippen LogP contribution in [0.15, 0.2) is 70.3 Å². The minimum atomic E-state index is -0.364. The van der Waals surface area contributed by atoms with Crippen LogP contribution in [0.5, 0.6) is 0 Å². The molecule has 0 spiro atoms. The predicted molar refractivity (Wildman–Crippen MR) is 115 cm³/mol. The van der Waals surface area contributed by atoms with E-state index in [1.54, 1.807) is 12.1 Å². The summed E-state index contributed by atoms with van der Waals surface area (Å²) in [4.78, 5) is 37.9. The Morgan fingerprint density at radius 3 is 2.52 bits per heavy atom. The summed E-state index contributed by atoms with van der Waals surface area (Å²) in [5, 5.41) is 3.01. The molecule has 0 saturated carbocycles. The number of fused-ring (bicyclic) bond motifs is 1. The van der Waals surface area contributed by atoms with Crippen molar-refractivity contribution in [3.05, 3.63) is 81.4 Å². The van der Waals surface area contributed by atoms with Gasteiger partial charge >= 0.3 is 0 Å². The van der Waals surface area contributed by atoms with Crippen molar-refractivity contribution >= 4 is 38.6 Å². The highest BCUT2D eigenvalue weighted by molar-refractivity contribution is 9.10. The fraction of sp³-hybridized carbons (Fsp3) is 0.0952. The third-order valence-corrected chi connectivity index (χ3v) is 4.86.